The topological polar surface area (TPSA) is 98.7 Å². The average molecular weight is 470 g/mol. The maximum atomic E-state index is 14.0. The van der Waals surface area contributed by atoms with E-state index in [2.05, 4.69) is 10.6 Å². The minimum atomic E-state index is -0.801. The Morgan fingerprint density at radius 3 is 2.44 bits per heavy atom. The molecule has 1 aromatic carbocycles. The summed E-state index contributed by atoms with van der Waals surface area (Å²) >= 11 is 0. The van der Waals surface area contributed by atoms with Crippen molar-refractivity contribution in [1.82, 2.24) is 10.2 Å². The maximum absolute atomic E-state index is 14.0. The van der Waals surface area contributed by atoms with Gasteiger partial charge in [-0.3, -0.25) is 14.4 Å². The predicted molar refractivity (Wildman–Crippen MR) is 133 cm³/mol. The SMILES string of the molecule is CC[C@H](C)[C@H](CO)N1C(=O)[C@H]2[C@H](C=C[C@@H](CC)[C@H]2C(=O)NC)[C@H]1C(=O)Nc1cc(C)ccc1C. The molecule has 1 aliphatic heterocycles. The number of rotatable bonds is 8. The van der Waals surface area contributed by atoms with Crippen LogP contribution in [0.3, 0.4) is 0 Å². The first-order valence-electron chi connectivity index (χ1n) is 12.4. The largest absolute Gasteiger partial charge is 0.394 e. The van der Waals surface area contributed by atoms with Crippen LogP contribution in [0, 0.1) is 43.4 Å². The van der Waals surface area contributed by atoms with Crippen molar-refractivity contribution in [2.24, 2.45) is 29.6 Å². The van der Waals surface area contributed by atoms with Crippen molar-refractivity contribution in [2.45, 2.75) is 59.5 Å². The number of aryl methyl sites for hydroxylation is 2. The summed E-state index contributed by atoms with van der Waals surface area (Å²) in [4.78, 5) is 42.3. The molecule has 1 heterocycles. The molecule has 0 unspecified atom stereocenters. The van der Waals surface area contributed by atoms with Crippen LogP contribution in [0.1, 0.15) is 44.7 Å². The number of aliphatic hydroxyl groups is 1. The molecule has 0 spiro atoms. The van der Waals surface area contributed by atoms with E-state index in [1.165, 1.54) is 0 Å². The summed E-state index contributed by atoms with van der Waals surface area (Å²) in [5.74, 6) is -2.40. The zero-order chi connectivity index (χ0) is 25.2. The van der Waals surface area contributed by atoms with Crippen molar-refractivity contribution in [1.29, 1.82) is 0 Å². The summed E-state index contributed by atoms with van der Waals surface area (Å²) < 4.78 is 0. The Kier molecular flexibility index (Phi) is 8.18. The zero-order valence-corrected chi connectivity index (χ0v) is 21.2. The Hall–Kier alpha value is -2.67. The monoisotopic (exact) mass is 469 g/mol. The molecule has 1 aromatic rings. The summed E-state index contributed by atoms with van der Waals surface area (Å²) in [7, 11) is 1.58. The lowest BCUT2D eigenvalue weighted by molar-refractivity contribution is -0.143. The minimum Gasteiger partial charge on any atom is -0.394 e. The number of amides is 3. The number of hydrogen-bond acceptors (Lipinski definition) is 4. The zero-order valence-electron chi connectivity index (χ0n) is 21.2. The lowest BCUT2D eigenvalue weighted by Crippen LogP contribution is -2.52. The first-order valence-corrected chi connectivity index (χ1v) is 12.4. The van der Waals surface area contributed by atoms with Crippen LogP contribution in [-0.2, 0) is 14.4 Å². The minimum absolute atomic E-state index is 0.00508. The Labute approximate surface area is 203 Å². The van der Waals surface area contributed by atoms with Gasteiger partial charge in [-0.15, -0.1) is 0 Å². The van der Waals surface area contributed by atoms with E-state index < -0.39 is 29.8 Å². The van der Waals surface area contributed by atoms with E-state index in [1.54, 1.807) is 11.9 Å². The van der Waals surface area contributed by atoms with Gasteiger partial charge in [0.05, 0.1) is 24.5 Å². The summed E-state index contributed by atoms with van der Waals surface area (Å²) in [6, 6.07) is 4.55. The second-order valence-corrected chi connectivity index (χ2v) is 9.83. The van der Waals surface area contributed by atoms with Gasteiger partial charge in [-0.2, -0.15) is 0 Å². The molecule has 1 saturated heterocycles. The molecule has 2 aliphatic rings. The fourth-order valence-electron chi connectivity index (χ4n) is 5.61. The van der Waals surface area contributed by atoms with Gasteiger partial charge >= 0.3 is 0 Å². The van der Waals surface area contributed by atoms with Crippen LogP contribution in [0.5, 0.6) is 0 Å². The number of allylic oxidation sites excluding steroid dienone is 1. The van der Waals surface area contributed by atoms with E-state index in [-0.39, 0.29) is 36.2 Å². The first kappa shape index (κ1) is 25.9. The quantitative estimate of drug-likeness (QED) is 0.510. The van der Waals surface area contributed by atoms with Crippen LogP contribution < -0.4 is 10.6 Å². The molecule has 1 aliphatic carbocycles. The predicted octanol–water partition coefficient (Wildman–Crippen LogP) is 3.05. The van der Waals surface area contributed by atoms with Crippen molar-refractivity contribution in [3.63, 3.8) is 0 Å². The normalized spacial score (nSPS) is 27.8. The number of fused-ring (bicyclic) bond motifs is 1. The van der Waals surface area contributed by atoms with Crippen LogP contribution in [0.2, 0.25) is 0 Å². The average Bonchev–Trinajstić information content (AvgIpc) is 3.12. The Balaban J connectivity index is 2.09. The van der Waals surface area contributed by atoms with Crippen LogP contribution in [0.4, 0.5) is 5.69 Å². The highest BCUT2D eigenvalue weighted by molar-refractivity contribution is 6.02. The van der Waals surface area contributed by atoms with Gasteiger partial charge in [-0.25, -0.2) is 0 Å². The molecule has 0 aromatic heterocycles. The Morgan fingerprint density at radius 2 is 1.85 bits per heavy atom. The van der Waals surface area contributed by atoms with Crippen molar-refractivity contribution < 1.29 is 19.5 Å². The Morgan fingerprint density at radius 1 is 1.15 bits per heavy atom. The van der Waals surface area contributed by atoms with Crippen LogP contribution >= 0.6 is 0 Å². The third kappa shape index (κ3) is 4.63. The molecule has 7 heteroatoms. The second kappa shape index (κ2) is 10.7. The number of hydrogen-bond donors (Lipinski definition) is 3. The van der Waals surface area contributed by atoms with Gasteiger partial charge in [0.15, 0.2) is 0 Å². The highest BCUT2D eigenvalue weighted by Gasteiger charge is 2.58. The van der Waals surface area contributed by atoms with Gasteiger partial charge in [0, 0.05) is 18.7 Å². The molecule has 3 rings (SSSR count). The van der Waals surface area contributed by atoms with E-state index in [9.17, 15) is 19.5 Å². The maximum Gasteiger partial charge on any atom is 0.247 e. The molecule has 1 fully saturated rings. The number of carbonyl (C=O) groups excluding carboxylic acids is 3. The second-order valence-electron chi connectivity index (χ2n) is 9.83. The van der Waals surface area contributed by atoms with Gasteiger partial charge in [0.25, 0.3) is 0 Å². The van der Waals surface area contributed by atoms with Gasteiger partial charge < -0.3 is 20.6 Å². The van der Waals surface area contributed by atoms with Crippen LogP contribution in [-0.4, -0.2) is 53.5 Å². The molecule has 0 bridgehead atoms. The summed E-state index contributed by atoms with van der Waals surface area (Å²) in [6.07, 6.45) is 5.42. The first-order chi connectivity index (χ1) is 16.2. The van der Waals surface area contributed by atoms with Crippen molar-refractivity contribution in [3.05, 3.63) is 41.5 Å². The summed E-state index contributed by atoms with van der Waals surface area (Å²) in [5.41, 5.74) is 2.66. The van der Waals surface area contributed by atoms with Gasteiger partial charge in [0.2, 0.25) is 17.7 Å². The number of nitrogens with zero attached hydrogens (tertiary/aromatic N) is 1. The highest BCUT2D eigenvalue weighted by atomic mass is 16.3. The van der Waals surface area contributed by atoms with E-state index >= 15 is 0 Å². The smallest absolute Gasteiger partial charge is 0.247 e. The van der Waals surface area contributed by atoms with E-state index in [1.807, 2.05) is 65.0 Å². The number of likely N-dealkylation sites (tertiary alicyclic amines) is 1. The number of nitrogens with one attached hydrogen (secondary N) is 2. The van der Waals surface area contributed by atoms with Gasteiger partial charge in [0.1, 0.15) is 6.04 Å². The fourth-order valence-corrected chi connectivity index (χ4v) is 5.61. The highest BCUT2D eigenvalue weighted by Crippen LogP contribution is 2.46. The van der Waals surface area contributed by atoms with E-state index in [0.717, 1.165) is 24.0 Å². The lowest BCUT2D eigenvalue weighted by Gasteiger charge is -2.36. The van der Waals surface area contributed by atoms with E-state index in [4.69, 9.17) is 0 Å². The third-order valence-electron chi connectivity index (χ3n) is 7.83. The molecule has 7 nitrogen and oxygen atoms in total. The molecular weight excluding hydrogens is 430 g/mol. The summed E-state index contributed by atoms with van der Waals surface area (Å²) in [6.45, 7) is 9.65. The molecular formula is C27H39N3O4. The van der Waals surface area contributed by atoms with Crippen molar-refractivity contribution >= 4 is 23.4 Å². The molecule has 186 valence electrons. The fraction of sp³-hybridized carbons (Fsp3) is 0.593. The Bertz CT molecular complexity index is 959. The molecule has 0 radical (unpaired) electrons. The number of benzene rings is 1. The van der Waals surface area contributed by atoms with Crippen molar-refractivity contribution in [2.75, 3.05) is 19.0 Å². The van der Waals surface area contributed by atoms with Crippen LogP contribution in [0.25, 0.3) is 0 Å². The van der Waals surface area contributed by atoms with Gasteiger partial charge in [-0.05, 0) is 49.3 Å². The molecule has 34 heavy (non-hydrogen) atoms. The molecule has 3 N–H and O–H groups in total. The van der Waals surface area contributed by atoms with E-state index in [0.29, 0.717) is 5.69 Å². The standard InChI is InChI=1S/C27H39N3O4/c1-7-16(4)21(14-31)30-24(26(33)29-20-13-15(3)9-10-17(20)5)19-12-11-18(8-2)22(25(32)28-6)23(19)27(30)34/h9-13,16,18-19,21-24,31H,7-8,14H2,1-6H3,(H,28,32)(H,29,33)/t16-,18+,19-,21-,22+,23-,24-/m0/s1. The summed E-state index contributed by atoms with van der Waals surface area (Å²) in [5, 5.41) is 16.1. The van der Waals surface area contributed by atoms with Crippen LogP contribution in [0.15, 0.2) is 30.4 Å². The number of carbonyl (C=O) groups is 3. The molecule has 3 amide bonds. The third-order valence-corrected chi connectivity index (χ3v) is 7.83. The molecule has 7 atom stereocenters. The lowest BCUT2D eigenvalue weighted by atomic mass is 9.69. The van der Waals surface area contributed by atoms with Crippen molar-refractivity contribution in [3.8, 4) is 0 Å². The number of aliphatic hydroxyl groups excluding tert-OH is 1. The molecule has 0 saturated carbocycles. The van der Waals surface area contributed by atoms with Gasteiger partial charge in [-0.1, -0.05) is 51.5 Å². The number of anilines is 1.